The Morgan fingerprint density at radius 3 is 2.97 bits per heavy atom. The van der Waals surface area contributed by atoms with Crippen molar-refractivity contribution in [1.82, 2.24) is 25.0 Å². The smallest absolute Gasteiger partial charge is 0.169 e. The molecule has 1 fully saturated rings. The summed E-state index contributed by atoms with van der Waals surface area (Å²) >= 11 is 5.63. The predicted octanol–water partition coefficient (Wildman–Crippen LogP) is 3.68. The van der Waals surface area contributed by atoms with E-state index in [-0.39, 0.29) is 17.2 Å². The number of nitrogens with one attached hydrogen (secondary N) is 1. The highest BCUT2D eigenvalue weighted by Gasteiger charge is 2.40. The maximum Gasteiger partial charge on any atom is 0.169 e. The third kappa shape index (κ3) is 4.03. The molecule has 0 saturated carbocycles. The van der Waals surface area contributed by atoms with Crippen LogP contribution in [-0.2, 0) is 13.0 Å². The van der Waals surface area contributed by atoms with E-state index in [1.54, 1.807) is 12.3 Å². The van der Waals surface area contributed by atoms with E-state index in [4.69, 9.17) is 17.3 Å². The minimum atomic E-state index is -0.0700. The first-order valence-corrected chi connectivity index (χ1v) is 11.0. The lowest BCUT2D eigenvalue weighted by molar-refractivity contribution is 0.0908. The maximum atomic E-state index is 13.2. The van der Waals surface area contributed by atoms with Gasteiger partial charge in [-0.25, -0.2) is 0 Å². The van der Waals surface area contributed by atoms with Crippen molar-refractivity contribution in [2.75, 3.05) is 13.1 Å². The molecule has 3 heterocycles. The van der Waals surface area contributed by atoms with E-state index < -0.39 is 0 Å². The molecular formula is C23H29N5OS. The number of thiocarbonyl (C=S) groups is 1. The second kappa shape index (κ2) is 8.30. The minimum absolute atomic E-state index is 0.0266. The van der Waals surface area contributed by atoms with Crippen LogP contribution in [-0.4, -0.2) is 43.6 Å². The molecule has 4 rings (SSSR count). The fraction of sp³-hybridized carbons (Fsp3) is 0.478. The van der Waals surface area contributed by atoms with Gasteiger partial charge < -0.3 is 10.2 Å². The number of rotatable bonds is 5. The van der Waals surface area contributed by atoms with Gasteiger partial charge >= 0.3 is 0 Å². The van der Waals surface area contributed by atoms with Crippen LogP contribution in [0.1, 0.15) is 66.6 Å². The number of Topliss-reactive ketones (excluding diaryl/α,β-unsaturated/α-hetero) is 1. The number of carbonyl (C=O) groups is 1. The Hall–Kier alpha value is -2.54. The van der Waals surface area contributed by atoms with Gasteiger partial charge in [0.05, 0.1) is 35.2 Å². The van der Waals surface area contributed by atoms with Crippen LogP contribution in [0, 0.1) is 5.41 Å². The number of nitrogens with zero attached hydrogens (tertiary/aromatic N) is 4. The third-order valence-corrected chi connectivity index (χ3v) is 6.29. The summed E-state index contributed by atoms with van der Waals surface area (Å²) in [5, 5.41) is 8.94. The van der Waals surface area contributed by atoms with Crippen molar-refractivity contribution in [1.29, 1.82) is 0 Å². The Bertz CT molecular complexity index is 965. The second-order valence-electron chi connectivity index (χ2n) is 8.95. The van der Waals surface area contributed by atoms with Crippen LogP contribution in [0.5, 0.6) is 0 Å². The second-order valence-corrected chi connectivity index (χ2v) is 9.34. The first-order chi connectivity index (χ1) is 14.4. The van der Waals surface area contributed by atoms with Gasteiger partial charge in [-0.2, -0.15) is 5.10 Å². The molecule has 0 radical (unpaired) electrons. The van der Waals surface area contributed by atoms with Crippen LogP contribution in [0.2, 0.25) is 0 Å². The number of likely N-dealkylation sites (tertiary alicyclic amines) is 1. The number of pyridine rings is 1. The molecule has 6 nitrogen and oxygen atoms in total. The molecule has 0 unspecified atom stereocenters. The lowest BCUT2D eigenvalue weighted by atomic mass is 9.75. The average molecular weight is 424 g/mol. The zero-order valence-electron chi connectivity index (χ0n) is 17.7. The van der Waals surface area contributed by atoms with Crippen molar-refractivity contribution in [2.24, 2.45) is 5.41 Å². The van der Waals surface area contributed by atoms with Crippen LogP contribution >= 0.6 is 12.2 Å². The van der Waals surface area contributed by atoms with Gasteiger partial charge in [-0.1, -0.05) is 26.0 Å². The quantitative estimate of drug-likeness (QED) is 0.585. The zero-order valence-corrected chi connectivity index (χ0v) is 18.5. The predicted molar refractivity (Wildman–Crippen MR) is 121 cm³/mol. The molecular weight excluding hydrogens is 394 g/mol. The summed E-state index contributed by atoms with van der Waals surface area (Å²) < 4.78 is 2.00. The summed E-state index contributed by atoms with van der Waals surface area (Å²) in [6.07, 6.45) is 6.95. The number of aromatic nitrogens is 3. The largest absolute Gasteiger partial charge is 0.359 e. The molecule has 2 aliphatic rings. The van der Waals surface area contributed by atoms with Crippen LogP contribution in [0.15, 0.2) is 37.1 Å². The van der Waals surface area contributed by atoms with Crippen LogP contribution in [0.4, 0.5) is 0 Å². The number of fused-ring (bicyclic) bond motifs is 1. The highest BCUT2D eigenvalue weighted by atomic mass is 32.1. The fourth-order valence-electron chi connectivity index (χ4n) is 4.60. The van der Waals surface area contributed by atoms with Crippen molar-refractivity contribution >= 4 is 23.1 Å². The highest BCUT2D eigenvalue weighted by molar-refractivity contribution is 7.80. The molecule has 2 aromatic heterocycles. The lowest BCUT2D eigenvalue weighted by Gasteiger charge is -2.30. The fourth-order valence-corrected chi connectivity index (χ4v) is 4.91. The van der Waals surface area contributed by atoms with E-state index in [1.807, 2.05) is 22.9 Å². The summed E-state index contributed by atoms with van der Waals surface area (Å²) in [5.74, 6) is 0.195. The monoisotopic (exact) mass is 423 g/mol. The van der Waals surface area contributed by atoms with Crippen molar-refractivity contribution in [3.63, 3.8) is 0 Å². The van der Waals surface area contributed by atoms with Crippen molar-refractivity contribution in [3.8, 4) is 0 Å². The number of ketones is 1. The van der Waals surface area contributed by atoms with Crippen LogP contribution in [0.25, 0.3) is 0 Å². The van der Waals surface area contributed by atoms with Crippen molar-refractivity contribution in [3.05, 3.63) is 59.7 Å². The van der Waals surface area contributed by atoms with Gasteiger partial charge in [-0.15, -0.1) is 6.58 Å². The van der Waals surface area contributed by atoms with E-state index in [0.29, 0.717) is 24.6 Å². The van der Waals surface area contributed by atoms with Gasteiger partial charge in [0.25, 0.3) is 0 Å². The van der Waals surface area contributed by atoms with Gasteiger partial charge in [-0.3, -0.25) is 14.5 Å². The third-order valence-electron chi connectivity index (χ3n) is 5.91. The summed E-state index contributed by atoms with van der Waals surface area (Å²) in [6.45, 7) is 10.1. The molecule has 2 aromatic rings. The molecule has 1 aliphatic carbocycles. The van der Waals surface area contributed by atoms with Crippen molar-refractivity contribution < 1.29 is 4.79 Å². The molecule has 7 heteroatoms. The molecule has 1 saturated heterocycles. The molecule has 0 spiro atoms. The van der Waals surface area contributed by atoms with E-state index in [9.17, 15) is 4.79 Å². The molecule has 1 atom stereocenters. The molecule has 0 bridgehead atoms. The first-order valence-electron chi connectivity index (χ1n) is 10.6. The SMILES string of the molecule is C=CCNC(=S)N1CCC[C@@H]1c1nn(Cc2ccccn2)c2c1C(=O)CC(C)(C)C2. The van der Waals surface area contributed by atoms with Gasteiger partial charge in [-0.05, 0) is 49.0 Å². The number of carbonyl (C=O) groups excluding carboxylic acids is 1. The summed E-state index contributed by atoms with van der Waals surface area (Å²) in [6, 6.07) is 5.92. The number of hydrogen-bond donors (Lipinski definition) is 1. The Balaban J connectivity index is 1.74. The van der Waals surface area contributed by atoms with Crippen molar-refractivity contribution in [2.45, 2.75) is 52.1 Å². The lowest BCUT2D eigenvalue weighted by Crippen LogP contribution is -2.40. The van der Waals surface area contributed by atoms with Gasteiger partial charge in [0.1, 0.15) is 0 Å². The molecule has 158 valence electrons. The Kier molecular flexibility index (Phi) is 5.73. The Labute approximate surface area is 183 Å². The van der Waals surface area contributed by atoms with Crippen LogP contribution in [0.3, 0.4) is 0 Å². The normalized spacial score (nSPS) is 20.1. The summed E-state index contributed by atoms with van der Waals surface area (Å²) in [5.41, 5.74) is 3.60. The summed E-state index contributed by atoms with van der Waals surface area (Å²) in [4.78, 5) is 19.9. The van der Waals surface area contributed by atoms with E-state index in [1.165, 1.54) is 0 Å². The summed E-state index contributed by atoms with van der Waals surface area (Å²) in [7, 11) is 0. The standard InChI is InChI=1S/C23H29N5OS/c1-4-10-25-22(30)27-12-7-9-17(27)21-20-18(13-23(2,3)14-19(20)29)28(26-21)15-16-8-5-6-11-24-16/h4-6,8,11,17H,1,7,9-10,12-15H2,2-3H3,(H,25,30)/t17-/m1/s1. The maximum absolute atomic E-state index is 13.2. The topological polar surface area (TPSA) is 63.1 Å². The van der Waals surface area contributed by atoms with E-state index in [0.717, 1.165) is 48.5 Å². The molecule has 1 aliphatic heterocycles. The first kappa shape index (κ1) is 20.7. The average Bonchev–Trinajstić information content (AvgIpc) is 3.31. The van der Waals surface area contributed by atoms with Gasteiger partial charge in [0.2, 0.25) is 0 Å². The molecule has 30 heavy (non-hydrogen) atoms. The molecule has 1 N–H and O–H groups in total. The van der Waals surface area contributed by atoms with E-state index in [2.05, 4.69) is 35.6 Å². The van der Waals surface area contributed by atoms with E-state index >= 15 is 0 Å². The Morgan fingerprint density at radius 2 is 2.23 bits per heavy atom. The molecule has 0 aromatic carbocycles. The molecule has 0 amide bonds. The number of hydrogen-bond acceptors (Lipinski definition) is 4. The zero-order chi connectivity index (χ0) is 21.3. The van der Waals surface area contributed by atoms with Gasteiger partial charge in [0, 0.05) is 25.7 Å². The Morgan fingerprint density at radius 1 is 1.40 bits per heavy atom. The minimum Gasteiger partial charge on any atom is -0.359 e. The van der Waals surface area contributed by atoms with Crippen LogP contribution < -0.4 is 5.32 Å². The highest BCUT2D eigenvalue weighted by Crippen LogP contribution is 2.41. The van der Waals surface area contributed by atoms with Gasteiger partial charge in [0.15, 0.2) is 10.9 Å².